The number of carbonyl (C=O) groups excluding carboxylic acids is 1. The lowest BCUT2D eigenvalue weighted by Gasteiger charge is -2.44. The van der Waals surface area contributed by atoms with E-state index in [2.05, 4.69) is 9.62 Å². The Morgan fingerprint density at radius 2 is 1.52 bits per heavy atom. The Kier molecular flexibility index (Phi) is 6.95. The van der Waals surface area contributed by atoms with Crippen LogP contribution in [-0.4, -0.2) is 38.1 Å². The fraction of sp³-hybridized carbons (Fsp3) is 0.208. The number of amides is 1. The van der Waals surface area contributed by atoms with Crippen LogP contribution in [0, 0.1) is 5.92 Å². The van der Waals surface area contributed by atoms with Gasteiger partial charge in [-0.25, -0.2) is 8.42 Å². The zero-order valence-corrected chi connectivity index (χ0v) is 19.9. The second-order valence-electron chi connectivity index (χ2n) is 8.15. The normalized spacial score (nSPS) is 14.8. The van der Waals surface area contributed by atoms with Crippen LogP contribution in [0.5, 0.6) is 0 Å². The van der Waals surface area contributed by atoms with Crippen LogP contribution in [0.2, 0.25) is 10.0 Å². The van der Waals surface area contributed by atoms with Gasteiger partial charge in [0, 0.05) is 40.3 Å². The molecular formula is C24H23Cl2N3O3S. The molecule has 1 heterocycles. The predicted molar refractivity (Wildman–Crippen MR) is 132 cm³/mol. The Bertz CT molecular complexity index is 1200. The van der Waals surface area contributed by atoms with Crippen molar-refractivity contribution in [3.8, 4) is 0 Å². The molecule has 0 bridgehead atoms. The third-order valence-corrected chi connectivity index (χ3v) is 7.56. The van der Waals surface area contributed by atoms with Crippen LogP contribution in [-0.2, 0) is 10.0 Å². The first-order chi connectivity index (χ1) is 15.7. The van der Waals surface area contributed by atoms with Crippen LogP contribution < -0.4 is 10.5 Å². The van der Waals surface area contributed by atoms with E-state index in [1.165, 1.54) is 12.1 Å². The maximum atomic E-state index is 12.7. The molecule has 0 unspecified atom stereocenters. The Balaban J connectivity index is 1.45. The van der Waals surface area contributed by atoms with Crippen molar-refractivity contribution in [1.29, 1.82) is 0 Å². The number of carbonyl (C=O) groups is 1. The van der Waals surface area contributed by atoms with Crippen molar-refractivity contribution in [1.82, 2.24) is 4.90 Å². The second kappa shape index (κ2) is 9.73. The van der Waals surface area contributed by atoms with Crippen LogP contribution in [0.1, 0.15) is 27.5 Å². The third-order valence-electron chi connectivity index (χ3n) is 5.60. The number of halogens is 2. The SMILES string of the molecule is NC(=O)c1cccc(NS(=O)(=O)CC2CN(C(c3ccc(Cl)cc3)c3ccc(Cl)cc3)C2)c1. The van der Waals surface area contributed by atoms with E-state index in [0.717, 1.165) is 11.1 Å². The van der Waals surface area contributed by atoms with Gasteiger partial charge in [0.05, 0.1) is 11.8 Å². The van der Waals surface area contributed by atoms with Crippen LogP contribution in [0.25, 0.3) is 0 Å². The number of benzene rings is 3. The summed E-state index contributed by atoms with van der Waals surface area (Å²) in [7, 11) is -3.59. The molecule has 0 aromatic heterocycles. The molecule has 0 atom stereocenters. The average molecular weight is 504 g/mol. The zero-order chi connectivity index (χ0) is 23.6. The molecule has 3 N–H and O–H groups in total. The molecule has 1 aliphatic rings. The van der Waals surface area contributed by atoms with Gasteiger partial charge in [-0.2, -0.15) is 0 Å². The van der Waals surface area contributed by atoms with Gasteiger partial charge in [0.1, 0.15) is 0 Å². The lowest BCUT2D eigenvalue weighted by atomic mass is 9.91. The molecular weight excluding hydrogens is 481 g/mol. The smallest absolute Gasteiger partial charge is 0.248 e. The lowest BCUT2D eigenvalue weighted by molar-refractivity contribution is 0.0813. The lowest BCUT2D eigenvalue weighted by Crippen LogP contribution is -2.51. The van der Waals surface area contributed by atoms with Crippen LogP contribution in [0.4, 0.5) is 5.69 Å². The Hall–Kier alpha value is -2.58. The molecule has 3 aromatic rings. The second-order valence-corrected chi connectivity index (χ2v) is 10.8. The van der Waals surface area contributed by atoms with Crippen molar-refractivity contribution in [2.45, 2.75) is 6.04 Å². The minimum Gasteiger partial charge on any atom is -0.366 e. The fourth-order valence-electron chi connectivity index (χ4n) is 4.10. The van der Waals surface area contributed by atoms with E-state index in [-0.39, 0.29) is 23.3 Å². The number of nitrogens with one attached hydrogen (secondary N) is 1. The summed E-state index contributed by atoms with van der Waals surface area (Å²) < 4.78 is 28.0. The summed E-state index contributed by atoms with van der Waals surface area (Å²) >= 11 is 12.1. The molecule has 0 saturated carbocycles. The number of primary amides is 1. The van der Waals surface area contributed by atoms with Crippen molar-refractivity contribution in [2.75, 3.05) is 23.6 Å². The van der Waals surface area contributed by atoms with Crippen molar-refractivity contribution < 1.29 is 13.2 Å². The van der Waals surface area contributed by atoms with Crippen LogP contribution >= 0.6 is 23.2 Å². The van der Waals surface area contributed by atoms with E-state index in [4.69, 9.17) is 28.9 Å². The number of rotatable bonds is 8. The molecule has 33 heavy (non-hydrogen) atoms. The average Bonchev–Trinajstić information content (AvgIpc) is 2.74. The predicted octanol–water partition coefficient (Wildman–Crippen LogP) is 4.56. The first kappa shape index (κ1) is 23.6. The maximum absolute atomic E-state index is 12.7. The van der Waals surface area contributed by atoms with Crippen LogP contribution in [0.15, 0.2) is 72.8 Å². The topological polar surface area (TPSA) is 92.5 Å². The number of anilines is 1. The van der Waals surface area contributed by atoms with E-state index in [1.807, 2.05) is 48.5 Å². The minimum absolute atomic E-state index is 0.0156. The number of hydrogen-bond acceptors (Lipinski definition) is 4. The first-order valence-electron chi connectivity index (χ1n) is 10.4. The monoisotopic (exact) mass is 503 g/mol. The molecule has 0 aliphatic carbocycles. The van der Waals surface area contributed by atoms with Gasteiger partial charge in [0.15, 0.2) is 0 Å². The molecule has 0 spiro atoms. The summed E-state index contributed by atoms with van der Waals surface area (Å²) in [5.74, 6) is -0.650. The summed E-state index contributed by atoms with van der Waals surface area (Å²) in [4.78, 5) is 13.6. The molecule has 3 aromatic carbocycles. The summed E-state index contributed by atoms with van der Waals surface area (Å²) in [6, 6.07) is 21.5. The van der Waals surface area contributed by atoms with E-state index in [1.54, 1.807) is 12.1 Å². The standard InChI is InChI=1S/C24H23Cl2N3O3S/c25-20-8-4-17(5-9-20)23(18-6-10-21(26)11-7-18)29-13-16(14-29)15-33(31,32)28-22-3-1-2-19(12-22)24(27)30/h1-12,16,23,28H,13-15H2,(H2,27,30). The molecule has 0 radical (unpaired) electrons. The highest BCUT2D eigenvalue weighted by Crippen LogP contribution is 2.35. The van der Waals surface area contributed by atoms with Gasteiger partial charge >= 0.3 is 0 Å². The minimum atomic E-state index is -3.59. The number of nitrogens with zero attached hydrogens (tertiary/aromatic N) is 1. The summed E-state index contributed by atoms with van der Waals surface area (Å²) in [6.07, 6.45) is 0. The zero-order valence-electron chi connectivity index (χ0n) is 17.6. The van der Waals surface area contributed by atoms with E-state index in [0.29, 0.717) is 28.8 Å². The van der Waals surface area contributed by atoms with Gasteiger partial charge in [-0.1, -0.05) is 53.5 Å². The molecule has 1 aliphatic heterocycles. The van der Waals surface area contributed by atoms with E-state index < -0.39 is 15.9 Å². The molecule has 6 nitrogen and oxygen atoms in total. The number of nitrogens with two attached hydrogens (primary N) is 1. The highest BCUT2D eigenvalue weighted by atomic mass is 35.5. The molecule has 9 heteroatoms. The summed E-state index contributed by atoms with van der Waals surface area (Å²) in [5.41, 5.74) is 8.00. The van der Waals surface area contributed by atoms with Gasteiger partial charge in [-0.3, -0.25) is 14.4 Å². The van der Waals surface area contributed by atoms with Crippen molar-refractivity contribution in [3.63, 3.8) is 0 Å². The van der Waals surface area contributed by atoms with Crippen molar-refractivity contribution in [2.24, 2.45) is 11.7 Å². The van der Waals surface area contributed by atoms with Gasteiger partial charge in [0.25, 0.3) is 0 Å². The molecule has 4 rings (SSSR count). The first-order valence-corrected chi connectivity index (χ1v) is 12.8. The number of hydrogen-bond donors (Lipinski definition) is 2. The maximum Gasteiger partial charge on any atom is 0.248 e. The Morgan fingerprint density at radius 3 is 2.03 bits per heavy atom. The Morgan fingerprint density at radius 1 is 0.970 bits per heavy atom. The van der Waals surface area contributed by atoms with Crippen molar-refractivity contribution >= 4 is 44.8 Å². The number of likely N-dealkylation sites (tertiary alicyclic amines) is 1. The van der Waals surface area contributed by atoms with E-state index >= 15 is 0 Å². The summed E-state index contributed by atoms with van der Waals surface area (Å²) in [5, 5.41) is 1.32. The van der Waals surface area contributed by atoms with Crippen LogP contribution in [0.3, 0.4) is 0 Å². The molecule has 1 fully saturated rings. The highest BCUT2D eigenvalue weighted by molar-refractivity contribution is 7.92. The largest absolute Gasteiger partial charge is 0.366 e. The molecule has 172 valence electrons. The Labute approximate surface area is 203 Å². The van der Waals surface area contributed by atoms with Gasteiger partial charge in [0.2, 0.25) is 15.9 Å². The van der Waals surface area contributed by atoms with Gasteiger partial charge < -0.3 is 5.73 Å². The number of sulfonamides is 1. The highest BCUT2D eigenvalue weighted by Gasteiger charge is 2.36. The summed E-state index contributed by atoms with van der Waals surface area (Å²) in [6.45, 7) is 1.25. The fourth-order valence-corrected chi connectivity index (χ4v) is 5.75. The molecule has 1 amide bonds. The van der Waals surface area contributed by atoms with Gasteiger partial charge in [-0.05, 0) is 53.6 Å². The van der Waals surface area contributed by atoms with Gasteiger partial charge in [-0.15, -0.1) is 0 Å². The van der Waals surface area contributed by atoms with Crippen molar-refractivity contribution in [3.05, 3.63) is 99.5 Å². The molecule has 1 saturated heterocycles. The quantitative estimate of drug-likeness (QED) is 0.471. The third kappa shape index (κ3) is 5.86. The van der Waals surface area contributed by atoms with E-state index in [9.17, 15) is 13.2 Å².